The normalized spacial score (nSPS) is 10.8. The van der Waals surface area contributed by atoms with Crippen LogP contribution in [0.25, 0.3) is 11.3 Å². The summed E-state index contributed by atoms with van der Waals surface area (Å²) >= 11 is 12.1. The average Bonchev–Trinajstić information content (AvgIpc) is 3.07. The Bertz CT molecular complexity index is 825. The van der Waals surface area contributed by atoms with E-state index in [0.29, 0.717) is 16.6 Å². The van der Waals surface area contributed by atoms with Gasteiger partial charge in [0.2, 0.25) is 0 Å². The molecule has 0 atom stereocenters. The Kier molecular flexibility index (Phi) is 6.03. The van der Waals surface area contributed by atoms with Crippen molar-refractivity contribution in [1.82, 2.24) is 5.32 Å². The Hall–Kier alpha value is -1.94. The fraction of sp³-hybridized carbons (Fsp3) is 0.200. The Balaban J connectivity index is 1.55. The maximum Gasteiger partial charge on any atom is 0.134 e. The fourth-order valence-corrected chi connectivity index (χ4v) is 3.19. The topological polar surface area (TPSA) is 34.4 Å². The SMILES string of the molecule is COc1ccccc1CCNCc1ccc(-c2cc(Cl)cc(Cl)c2)o1. The molecule has 3 nitrogen and oxygen atoms in total. The molecule has 0 amide bonds. The first-order chi connectivity index (χ1) is 12.2. The average molecular weight is 376 g/mol. The molecule has 0 unspecified atom stereocenters. The first-order valence-electron chi connectivity index (χ1n) is 8.03. The summed E-state index contributed by atoms with van der Waals surface area (Å²) in [4.78, 5) is 0. The standard InChI is InChI=1S/C20H19Cl2NO2/c1-24-19-5-3-2-4-14(19)8-9-23-13-18-6-7-20(25-18)15-10-16(21)12-17(22)11-15/h2-7,10-12,23H,8-9,13H2,1H3. The molecule has 1 N–H and O–H groups in total. The van der Waals surface area contributed by atoms with Crippen LogP contribution >= 0.6 is 23.2 Å². The first kappa shape index (κ1) is 17.9. The molecule has 5 heteroatoms. The van der Waals surface area contributed by atoms with Gasteiger partial charge in [0.05, 0.1) is 13.7 Å². The Morgan fingerprint density at radius 2 is 1.76 bits per heavy atom. The van der Waals surface area contributed by atoms with Gasteiger partial charge in [-0.2, -0.15) is 0 Å². The molecule has 1 heterocycles. The van der Waals surface area contributed by atoms with E-state index in [1.807, 2.05) is 42.5 Å². The van der Waals surface area contributed by atoms with E-state index in [1.54, 1.807) is 13.2 Å². The predicted octanol–water partition coefficient (Wildman–Crippen LogP) is 5.59. The number of methoxy groups -OCH3 is 1. The summed E-state index contributed by atoms with van der Waals surface area (Å²) in [6.45, 7) is 1.49. The third kappa shape index (κ3) is 4.79. The highest BCUT2D eigenvalue weighted by molar-refractivity contribution is 6.35. The molecule has 0 radical (unpaired) electrons. The summed E-state index contributed by atoms with van der Waals surface area (Å²) in [5.41, 5.74) is 2.06. The van der Waals surface area contributed by atoms with E-state index in [-0.39, 0.29) is 0 Å². The summed E-state index contributed by atoms with van der Waals surface area (Å²) in [7, 11) is 1.69. The van der Waals surface area contributed by atoms with Crippen molar-refractivity contribution in [3.05, 3.63) is 76.0 Å². The third-order valence-electron chi connectivity index (χ3n) is 3.87. The monoisotopic (exact) mass is 375 g/mol. The maximum atomic E-state index is 6.04. The molecule has 3 rings (SSSR count). The summed E-state index contributed by atoms with van der Waals surface area (Å²) in [6, 6.07) is 17.3. The van der Waals surface area contributed by atoms with Gasteiger partial charge in [-0.3, -0.25) is 0 Å². The zero-order valence-corrected chi connectivity index (χ0v) is 15.4. The number of para-hydroxylation sites is 1. The lowest BCUT2D eigenvalue weighted by Crippen LogP contribution is -2.16. The van der Waals surface area contributed by atoms with E-state index >= 15 is 0 Å². The molecule has 2 aromatic carbocycles. The van der Waals surface area contributed by atoms with Crippen molar-refractivity contribution in [1.29, 1.82) is 0 Å². The quantitative estimate of drug-likeness (QED) is 0.546. The molecule has 1 aromatic heterocycles. The molecule has 0 aliphatic rings. The highest BCUT2D eigenvalue weighted by Gasteiger charge is 2.07. The fourth-order valence-electron chi connectivity index (χ4n) is 2.67. The first-order valence-corrected chi connectivity index (χ1v) is 8.79. The zero-order valence-electron chi connectivity index (χ0n) is 13.9. The smallest absolute Gasteiger partial charge is 0.134 e. The van der Waals surface area contributed by atoms with E-state index in [9.17, 15) is 0 Å². The van der Waals surface area contributed by atoms with Crippen molar-refractivity contribution in [3.8, 4) is 17.1 Å². The van der Waals surface area contributed by atoms with Crippen molar-refractivity contribution in [3.63, 3.8) is 0 Å². The van der Waals surface area contributed by atoms with Gasteiger partial charge in [-0.05, 0) is 54.9 Å². The maximum absolute atomic E-state index is 6.04. The lowest BCUT2D eigenvalue weighted by Gasteiger charge is -2.08. The predicted molar refractivity (Wildman–Crippen MR) is 103 cm³/mol. The molecular formula is C20H19Cl2NO2. The van der Waals surface area contributed by atoms with Crippen LogP contribution in [-0.2, 0) is 13.0 Å². The minimum atomic E-state index is 0.593. The van der Waals surface area contributed by atoms with Crippen LogP contribution in [-0.4, -0.2) is 13.7 Å². The van der Waals surface area contributed by atoms with Gasteiger partial charge < -0.3 is 14.5 Å². The molecule has 0 fully saturated rings. The van der Waals surface area contributed by atoms with Gasteiger partial charge in [0.1, 0.15) is 17.3 Å². The van der Waals surface area contributed by atoms with Gasteiger partial charge in [0.25, 0.3) is 0 Å². The van der Waals surface area contributed by atoms with Crippen molar-refractivity contribution < 1.29 is 9.15 Å². The van der Waals surface area contributed by atoms with Crippen LogP contribution in [0.15, 0.2) is 59.0 Å². The van der Waals surface area contributed by atoms with Gasteiger partial charge in [-0.25, -0.2) is 0 Å². The van der Waals surface area contributed by atoms with Crippen molar-refractivity contribution >= 4 is 23.2 Å². The van der Waals surface area contributed by atoms with Crippen LogP contribution in [0.1, 0.15) is 11.3 Å². The number of rotatable bonds is 7. The molecule has 0 aliphatic carbocycles. The largest absolute Gasteiger partial charge is 0.496 e. The molecule has 0 saturated carbocycles. The minimum absolute atomic E-state index is 0.593. The van der Waals surface area contributed by atoms with Crippen LogP contribution in [0.3, 0.4) is 0 Å². The van der Waals surface area contributed by atoms with Crippen molar-refractivity contribution in [2.45, 2.75) is 13.0 Å². The molecular weight excluding hydrogens is 357 g/mol. The number of ether oxygens (including phenoxy) is 1. The minimum Gasteiger partial charge on any atom is -0.496 e. The number of hydrogen-bond donors (Lipinski definition) is 1. The van der Waals surface area contributed by atoms with Gasteiger partial charge in [0.15, 0.2) is 0 Å². The van der Waals surface area contributed by atoms with Gasteiger partial charge in [-0.15, -0.1) is 0 Å². The van der Waals surface area contributed by atoms with Gasteiger partial charge in [-0.1, -0.05) is 41.4 Å². The lowest BCUT2D eigenvalue weighted by atomic mass is 10.1. The van der Waals surface area contributed by atoms with E-state index in [4.69, 9.17) is 32.4 Å². The molecule has 0 saturated heterocycles. The second-order valence-electron chi connectivity index (χ2n) is 5.66. The van der Waals surface area contributed by atoms with Crippen molar-refractivity contribution in [2.24, 2.45) is 0 Å². The zero-order chi connectivity index (χ0) is 17.6. The molecule has 3 aromatic rings. The van der Waals surface area contributed by atoms with Crippen LogP contribution in [0.4, 0.5) is 0 Å². The molecule has 0 aliphatic heterocycles. The highest BCUT2D eigenvalue weighted by Crippen LogP contribution is 2.28. The van der Waals surface area contributed by atoms with Crippen LogP contribution < -0.4 is 10.1 Å². The molecule has 130 valence electrons. The summed E-state index contributed by atoms with van der Waals surface area (Å²) in [5, 5.41) is 4.57. The molecule has 25 heavy (non-hydrogen) atoms. The van der Waals surface area contributed by atoms with E-state index in [1.165, 1.54) is 5.56 Å². The van der Waals surface area contributed by atoms with E-state index in [0.717, 1.165) is 35.8 Å². The summed E-state index contributed by atoms with van der Waals surface area (Å²) in [5.74, 6) is 2.54. The van der Waals surface area contributed by atoms with Crippen molar-refractivity contribution in [2.75, 3.05) is 13.7 Å². The Morgan fingerprint density at radius 3 is 2.52 bits per heavy atom. The number of furan rings is 1. The summed E-state index contributed by atoms with van der Waals surface area (Å²) < 4.78 is 11.2. The van der Waals surface area contributed by atoms with E-state index in [2.05, 4.69) is 11.4 Å². The Labute approximate surface area is 157 Å². The second-order valence-corrected chi connectivity index (χ2v) is 6.54. The van der Waals surface area contributed by atoms with Gasteiger partial charge in [0, 0.05) is 15.6 Å². The number of benzene rings is 2. The van der Waals surface area contributed by atoms with Crippen LogP contribution in [0.5, 0.6) is 5.75 Å². The van der Waals surface area contributed by atoms with Crippen LogP contribution in [0.2, 0.25) is 10.0 Å². The number of hydrogen-bond acceptors (Lipinski definition) is 3. The molecule has 0 bridgehead atoms. The Morgan fingerprint density at radius 1 is 1.00 bits per heavy atom. The van der Waals surface area contributed by atoms with Crippen LogP contribution in [0, 0.1) is 0 Å². The van der Waals surface area contributed by atoms with E-state index < -0.39 is 0 Å². The number of nitrogens with one attached hydrogen (secondary N) is 1. The molecule has 0 spiro atoms. The third-order valence-corrected chi connectivity index (χ3v) is 4.31. The highest BCUT2D eigenvalue weighted by atomic mass is 35.5. The second kappa shape index (κ2) is 8.43. The lowest BCUT2D eigenvalue weighted by molar-refractivity contribution is 0.408. The number of halogens is 2. The van der Waals surface area contributed by atoms with Gasteiger partial charge >= 0.3 is 0 Å². The summed E-state index contributed by atoms with van der Waals surface area (Å²) in [6.07, 6.45) is 0.890.